The standard InChI is InChI=1S/C15H16ClFN2S/c16-13-3-1-2-12(14(13)17)15(11-4-9-20-10-11)19-7-5-18-6-8-19/h1-4,9-10,15,18H,5-8H2/t15-/m1/s1. The van der Waals surface area contributed by atoms with Gasteiger partial charge in [0, 0.05) is 31.7 Å². The highest BCUT2D eigenvalue weighted by atomic mass is 35.5. The third kappa shape index (κ3) is 2.74. The van der Waals surface area contributed by atoms with Crippen molar-refractivity contribution in [2.75, 3.05) is 26.2 Å². The fourth-order valence-corrected chi connectivity index (χ4v) is 3.55. The lowest BCUT2D eigenvalue weighted by atomic mass is 9.98. The molecule has 1 aliphatic rings. The lowest BCUT2D eigenvalue weighted by Gasteiger charge is -2.35. The van der Waals surface area contributed by atoms with Crippen LogP contribution in [-0.4, -0.2) is 31.1 Å². The lowest BCUT2D eigenvalue weighted by molar-refractivity contribution is 0.195. The van der Waals surface area contributed by atoms with Gasteiger partial charge in [-0.1, -0.05) is 23.7 Å². The van der Waals surface area contributed by atoms with Crippen LogP contribution in [0.15, 0.2) is 35.0 Å². The van der Waals surface area contributed by atoms with Gasteiger partial charge in [-0.05, 0) is 28.5 Å². The number of halogens is 2. The Morgan fingerprint density at radius 3 is 2.75 bits per heavy atom. The second-order valence-electron chi connectivity index (χ2n) is 4.89. The number of nitrogens with one attached hydrogen (secondary N) is 1. The molecule has 1 aromatic carbocycles. The number of hydrogen-bond acceptors (Lipinski definition) is 3. The van der Waals surface area contributed by atoms with Gasteiger partial charge in [0.25, 0.3) is 0 Å². The first-order valence-electron chi connectivity index (χ1n) is 6.68. The lowest BCUT2D eigenvalue weighted by Crippen LogP contribution is -2.45. The second kappa shape index (κ2) is 6.22. The first-order valence-corrected chi connectivity index (χ1v) is 8.00. The van der Waals surface area contributed by atoms with Gasteiger partial charge in [0.05, 0.1) is 11.1 Å². The van der Waals surface area contributed by atoms with Gasteiger partial charge in [-0.25, -0.2) is 4.39 Å². The molecule has 1 N–H and O–H groups in total. The van der Waals surface area contributed by atoms with Crippen molar-refractivity contribution in [3.05, 3.63) is 57.0 Å². The second-order valence-corrected chi connectivity index (χ2v) is 6.08. The van der Waals surface area contributed by atoms with E-state index < -0.39 is 0 Å². The van der Waals surface area contributed by atoms with Crippen LogP contribution in [0, 0.1) is 5.82 Å². The van der Waals surface area contributed by atoms with Gasteiger partial charge >= 0.3 is 0 Å². The highest BCUT2D eigenvalue weighted by Gasteiger charge is 2.27. The van der Waals surface area contributed by atoms with Crippen molar-refractivity contribution in [2.45, 2.75) is 6.04 Å². The van der Waals surface area contributed by atoms with Crippen molar-refractivity contribution in [1.82, 2.24) is 10.2 Å². The van der Waals surface area contributed by atoms with E-state index in [4.69, 9.17) is 11.6 Å². The largest absolute Gasteiger partial charge is 0.314 e. The molecule has 1 atom stereocenters. The first-order chi connectivity index (χ1) is 9.77. The van der Waals surface area contributed by atoms with Crippen molar-refractivity contribution >= 4 is 22.9 Å². The average Bonchev–Trinajstić information content (AvgIpc) is 2.99. The molecule has 5 heteroatoms. The molecule has 0 saturated carbocycles. The maximum atomic E-state index is 14.4. The van der Waals surface area contributed by atoms with Crippen LogP contribution in [0.1, 0.15) is 17.2 Å². The monoisotopic (exact) mass is 310 g/mol. The zero-order chi connectivity index (χ0) is 13.9. The fraction of sp³-hybridized carbons (Fsp3) is 0.333. The van der Waals surface area contributed by atoms with Crippen molar-refractivity contribution < 1.29 is 4.39 Å². The summed E-state index contributed by atoms with van der Waals surface area (Å²) >= 11 is 7.59. The molecule has 0 amide bonds. The normalized spacial score (nSPS) is 18.1. The van der Waals surface area contributed by atoms with Crippen molar-refractivity contribution in [2.24, 2.45) is 0 Å². The van der Waals surface area contributed by atoms with Crippen LogP contribution in [0.25, 0.3) is 0 Å². The van der Waals surface area contributed by atoms with Crippen LogP contribution in [0.2, 0.25) is 5.02 Å². The van der Waals surface area contributed by atoms with E-state index in [2.05, 4.69) is 21.7 Å². The Kier molecular flexibility index (Phi) is 4.36. The van der Waals surface area contributed by atoms with Crippen molar-refractivity contribution in [1.29, 1.82) is 0 Å². The quantitative estimate of drug-likeness (QED) is 0.933. The maximum Gasteiger partial charge on any atom is 0.146 e. The van der Waals surface area contributed by atoms with Crippen molar-refractivity contribution in [3.63, 3.8) is 0 Å². The van der Waals surface area contributed by atoms with E-state index in [1.54, 1.807) is 17.4 Å². The van der Waals surface area contributed by atoms with E-state index in [0.717, 1.165) is 31.7 Å². The van der Waals surface area contributed by atoms with Gasteiger partial charge < -0.3 is 5.32 Å². The summed E-state index contributed by atoms with van der Waals surface area (Å²) < 4.78 is 14.4. The Bertz CT molecular complexity index is 567. The Morgan fingerprint density at radius 1 is 1.25 bits per heavy atom. The molecule has 106 valence electrons. The molecule has 0 unspecified atom stereocenters. The molecule has 0 bridgehead atoms. The molecule has 20 heavy (non-hydrogen) atoms. The highest BCUT2D eigenvalue weighted by Crippen LogP contribution is 2.33. The molecule has 0 spiro atoms. The van der Waals surface area contributed by atoms with Crippen molar-refractivity contribution in [3.8, 4) is 0 Å². The summed E-state index contributed by atoms with van der Waals surface area (Å²) in [5, 5.41) is 7.65. The summed E-state index contributed by atoms with van der Waals surface area (Å²) in [6, 6.07) is 7.27. The maximum absolute atomic E-state index is 14.4. The predicted molar refractivity (Wildman–Crippen MR) is 82.0 cm³/mol. The predicted octanol–water partition coefficient (Wildman–Crippen LogP) is 3.54. The van der Waals surface area contributed by atoms with E-state index in [1.165, 1.54) is 0 Å². The molecule has 2 nitrogen and oxygen atoms in total. The fourth-order valence-electron chi connectivity index (χ4n) is 2.69. The smallest absolute Gasteiger partial charge is 0.146 e. The first kappa shape index (κ1) is 14.0. The van der Waals surface area contributed by atoms with Gasteiger partial charge in [-0.2, -0.15) is 11.3 Å². The molecule has 0 aliphatic carbocycles. The number of hydrogen-bond donors (Lipinski definition) is 1. The Hall–Kier alpha value is -0.940. The van der Waals surface area contributed by atoms with Gasteiger partial charge in [0.15, 0.2) is 0 Å². The van der Waals surface area contributed by atoms with Crippen LogP contribution in [0.3, 0.4) is 0 Å². The van der Waals surface area contributed by atoms with E-state index in [9.17, 15) is 4.39 Å². The number of thiophene rings is 1. The molecule has 0 radical (unpaired) electrons. The zero-order valence-corrected chi connectivity index (χ0v) is 12.6. The minimum atomic E-state index is -0.302. The summed E-state index contributed by atoms with van der Waals surface area (Å²) in [6.07, 6.45) is 0. The van der Waals surface area contributed by atoms with Crippen LogP contribution in [0.5, 0.6) is 0 Å². The van der Waals surface area contributed by atoms with E-state index in [-0.39, 0.29) is 16.9 Å². The van der Waals surface area contributed by atoms with Gasteiger partial charge in [0.1, 0.15) is 5.82 Å². The van der Waals surface area contributed by atoms with E-state index >= 15 is 0 Å². The Morgan fingerprint density at radius 2 is 2.05 bits per heavy atom. The number of nitrogens with zero attached hydrogens (tertiary/aromatic N) is 1. The molecule has 1 fully saturated rings. The van der Waals surface area contributed by atoms with Crippen LogP contribution >= 0.6 is 22.9 Å². The summed E-state index contributed by atoms with van der Waals surface area (Å²) in [4.78, 5) is 2.31. The van der Waals surface area contributed by atoms with Crippen LogP contribution < -0.4 is 5.32 Å². The Balaban J connectivity index is 2.03. The third-order valence-electron chi connectivity index (χ3n) is 3.65. The van der Waals surface area contributed by atoms with Gasteiger partial charge in [-0.3, -0.25) is 4.90 Å². The minimum Gasteiger partial charge on any atom is -0.314 e. The molecule has 2 aromatic rings. The molecule has 1 aromatic heterocycles. The summed E-state index contributed by atoms with van der Waals surface area (Å²) in [6.45, 7) is 3.69. The number of benzene rings is 1. The summed E-state index contributed by atoms with van der Waals surface area (Å²) in [7, 11) is 0. The SMILES string of the molecule is Fc1c(Cl)cccc1[C@@H](c1ccsc1)N1CCNCC1. The van der Waals surface area contributed by atoms with Crippen LogP contribution in [0.4, 0.5) is 4.39 Å². The average molecular weight is 311 g/mol. The highest BCUT2D eigenvalue weighted by molar-refractivity contribution is 7.08. The van der Waals surface area contributed by atoms with E-state index in [0.29, 0.717) is 5.56 Å². The zero-order valence-electron chi connectivity index (χ0n) is 11.0. The minimum absolute atomic E-state index is 0.0537. The molecular weight excluding hydrogens is 295 g/mol. The molecule has 3 rings (SSSR count). The summed E-state index contributed by atoms with van der Waals surface area (Å²) in [5.41, 5.74) is 1.80. The number of rotatable bonds is 3. The van der Waals surface area contributed by atoms with Gasteiger partial charge in [-0.15, -0.1) is 0 Å². The number of piperazine rings is 1. The topological polar surface area (TPSA) is 15.3 Å². The third-order valence-corrected chi connectivity index (χ3v) is 4.65. The van der Waals surface area contributed by atoms with Gasteiger partial charge in [0.2, 0.25) is 0 Å². The Labute approximate surface area is 127 Å². The molecule has 1 aliphatic heterocycles. The summed E-state index contributed by atoms with van der Waals surface area (Å²) in [5.74, 6) is -0.302. The van der Waals surface area contributed by atoms with Crippen LogP contribution in [-0.2, 0) is 0 Å². The molecule has 1 saturated heterocycles. The molecule has 2 heterocycles. The molecular formula is C15H16ClFN2S. The van der Waals surface area contributed by atoms with E-state index in [1.807, 2.05) is 17.5 Å².